The van der Waals surface area contributed by atoms with E-state index in [2.05, 4.69) is 29.2 Å². The molecule has 24 heavy (non-hydrogen) atoms. The minimum Gasteiger partial charge on any atom is -0.494 e. The van der Waals surface area contributed by atoms with Crippen LogP contribution in [0.25, 0.3) is 10.9 Å². The Morgan fingerprint density at radius 1 is 1.12 bits per heavy atom. The van der Waals surface area contributed by atoms with Crippen molar-refractivity contribution in [2.45, 2.75) is 13.0 Å². The van der Waals surface area contributed by atoms with E-state index in [1.165, 1.54) is 11.1 Å². The summed E-state index contributed by atoms with van der Waals surface area (Å²) >= 11 is 0. The number of nitrogens with zero attached hydrogens (tertiary/aromatic N) is 2. The number of aldehydes is 1. The van der Waals surface area contributed by atoms with Gasteiger partial charge in [-0.05, 0) is 29.7 Å². The van der Waals surface area contributed by atoms with E-state index in [4.69, 9.17) is 9.72 Å². The predicted molar refractivity (Wildman–Crippen MR) is 94.9 cm³/mol. The zero-order valence-corrected chi connectivity index (χ0v) is 13.5. The van der Waals surface area contributed by atoms with E-state index in [0.717, 1.165) is 48.3 Å². The van der Waals surface area contributed by atoms with E-state index >= 15 is 0 Å². The fourth-order valence-corrected chi connectivity index (χ4v) is 3.36. The molecule has 2 aromatic carbocycles. The number of benzene rings is 2. The second kappa shape index (κ2) is 5.96. The minimum absolute atomic E-state index is 0.620. The molecule has 4 nitrogen and oxygen atoms in total. The molecule has 4 rings (SSSR count). The van der Waals surface area contributed by atoms with Crippen LogP contribution in [0.2, 0.25) is 0 Å². The Bertz CT molecular complexity index is 921. The Labute approximate surface area is 140 Å². The van der Waals surface area contributed by atoms with Gasteiger partial charge in [-0.25, -0.2) is 4.98 Å². The predicted octanol–water partition coefficient (Wildman–Crippen LogP) is 3.62. The highest BCUT2D eigenvalue weighted by Gasteiger charge is 2.20. The zero-order chi connectivity index (χ0) is 16.5. The van der Waals surface area contributed by atoms with Gasteiger partial charge in [-0.3, -0.25) is 4.79 Å². The number of para-hydroxylation sites is 1. The van der Waals surface area contributed by atoms with Crippen molar-refractivity contribution in [3.05, 3.63) is 65.2 Å². The Morgan fingerprint density at radius 3 is 2.75 bits per heavy atom. The molecule has 0 aliphatic carbocycles. The Morgan fingerprint density at radius 2 is 1.96 bits per heavy atom. The summed E-state index contributed by atoms with van der Waals surface area (Å²) in [5.74, 6) is 1.46. The van der Waals surface area contributed by atoms with E-state index in [0.29, 0.717) is 5.56 Å². The highest BCUT2D eigenvalue weighted by molar-refractivity contribution is 5.94. The van der Waals surface area contributed by atoms with Crippen molar-refractivity contribution in [1.82, 2.24) is 4.98 Å². The quantitative estimate of drug-likeness (QED) is 0.692. The summed E-state index contributed by atoms with van der Waals surface area (Å²) in [7, 11) is 1.64. The van der Waals surface area contributed by atoms with Crippen LogP contribution in [0, 0.1) is 0 Å². The number of carbonyl (C=O) groups is 1. The van der Waals surface area contributed by atoms with Crippen LogP contribution in [-0.2, 0) is 13.0 Å². The molecule has 0 N–H and O–H groups in total. The van der Waals surface area contributed by atoms with Crippen molar-refractivity contribution in [3.8, 4) is 5.75 Å². The molecule has 3 aromatic rings. The fourth-order valence-electron chi connectivity index (χ4n) is 3.36. The number of aromatic nitrogens is 1. The summed E-state index contributed by atoms with van der Waals surface area (Å²) in [6, 6.07) is 16.1. The van der Waals surface area contributed by atoms with Crippen LogP contribution in [0.15, 0.2) is 48.5 Å². The Kier molecular flexibility index (Phi) is 3.65. The number of ether oxygens (including phenoxy) is 1. The second-order valence-electron chi connectivity index (χ2n) is 5.99. The van der Waals surface area contributed by atoms with Crippen LogP contribution < -0.4 is 9.64 Å². The third-order valence-electron chi connectivity index (χ3n) is 4.59. The molecule has 0 atom stereocenters. The van der Waals surface area contributed by atoms with E-state index in [1.807, 2.05) is 24.3 Å². The fraction of sp³-hybridized carbons (Fsp3) is 0.200. The van der Waals surface area contributed by atoms with Gasteiger partial charge in [-0.1, -0.05) is 36.4 Å². The molecule has 0 amide bonds. The summed E-state index contributed by atoms with van der Waals surface area (Å²) in [5, 5.41) is 0.914. The lowest BCUT2D eigenvalue weighted by Gasteiger charge is -2.30. The maximum atomic E-state index is 11.6. The molecule has 0 saturated carbocycles. The van der Waals surface area contributed by atoms with Crippen LogP contribution in [-0.4, -0.2) is 24.9 Å². The molecule has 0 radical (unpaired) electrons. The second-order valence-corrected chi connectivity index (χ2v) is 5.99. The lowest BCUT2D eigenvalue weighted by atomic mass is 9.99. The van der Waals surface area contributed by atoms with Gasteiger partial charge in [0.05, 0.1) is 12.7 Å². The molecular weight excluding hydrogens is 300 g/mol. The summed E-state index contributed by atoms with van der Waals surface area (Å²) < 4.78 is 5.43. The van der Waals surface area contributed by atoms with E-state index in [9.17, 15) is 4.79 Å². The van der Waals surface area contributed by atoms with Crippen molar-refractivity contribution in [3.63, 3.8) is 0 Å². The van der Waals surface area contributed by atoms with Crippen molar-refractivity contribution in [2.24, 2.45) is 0 Å². The molecule has 0 spiro atoms. The number of pyridine rings is 1. The summed E-state index contributed by atoms with van der Waals surface area (Å²) in [6.45, 7) is 1.62. The third-order valence-corrected chi connectivity index (χ3v) is 4.59. The lowest BCUT2D eigenvalue weighted by molar-refractivity contribution is 0.112. The van der Waals surface area contributed by atoms with Gasteiger partial charge in [0.1, 0.15) is 17.1 Å². The van der Waals surface area contributed by atoms with Crippen LogP contribution in [0.5, 0.6) is 5.75 Å². The molecule has 1 aliphatic heterocycles. The van der Waals surface area contributed by atoms with Gasteiger partial charge in [0.15, 0.2) is 6.29 Å². The van der Waals surface area contributed by atoms with Crippen molar-refractivity contribution < 1.29 is 9.53 Å². The number of rotatable bonds is 3. The molecule has 120 valence electrons. The number of anilines is 1. The molecule has 0 fully saturated rings. The average Bonchev–Trinajstić information content (AvgIpc) is 2.66. The Balaban J connectivity index is 1.82. The van der Waals surface area contributed by atoms with Crippen molar-refractivity contribution >= 4 is 23.0 Å². The monoisotopic (exact) mass is 318 g/mol. The van der Waals surface area contributed by atoms with Crippen molar-refractivity contribution in [2.75, 3.05) is 18.6 Å². The van der Waals surface area contributed by atoms with Crippen LogP contribution in [0.4, 0.5) is 5.82 Å². The molecule has 2 heterocycles. The van der Waals surface area contributed by atoms with E-state index < -0.39 is 0 Å². The van der Waals surface area contributed by atoms with Crippen LogP contribution in [0.1, 0.15) is 21.5 Å². The SMILES string of the molecule is COc1cccc2cc(C=O)c(N3CCc4ccccc4C3)nc12. The van der Waals surface area contributed by atoms with Crippen LogP contribution in [0.3, 0.4) is 0 Å². The normalized spacial score (nSPS) is 13.6. The first-order valence-electron chi connectivity index (χ1n) is 8.05. The highest BCUT2D eigenvalue weighted by Crippen LogP contribution is 2.31. The van der Waals surface area contributed by atoms with Gasteiger partial charge in [-0.15, -0.1) is 0 Å². The number of carbonyl (C=O) groups excluding carboxylic acids is 1. The van der Waals surface area contributed by atoms with Gasteiger partial charge in [0, 0.05) is 18.5 Å². The van der Waals surface area contributed by atoms with Crippen LogP contribution >= 0.6 is 0 Å². The molecule has 0 saturated heterocycles. The van der Waals surface area contributed by atoms with Gasteiger partial charge in [-0.2, -0.15) is 0 Å². The molecule has 1 aromatic heterocycles. The zero-order valence-electron chi connectivity index (χ0n) is 13.5. The van der Waals surface area contributed by atoms with Crippen molar-refractivity contribution in [1.29, 1.82) is 0 Å². The lowest BCUT2D eigenvalue weighted by Crippen LogP contribution is -2.31. The number of fused-ring (bicyclic) bond motifs is 2. The smallest absolute Gasteiger partial charge is 0.153 e. The van der Waals surface area contributed by atoms with Gasteiger partial charge >= 0.3 is 0 Å². The first kappa shape index (κ1) is 14.7. The van der Waals surface area contributed by atoms with E-state index in [-0.39, 0.29) is 0 Å². The molecule has 0 unspecified atom stereocenters. The number of hydrogen-bond donors (Lipinski definition) is 0. The summed E-state index contributed by atoms with van der Waals surface area (Å²) in [5.41, 5.74) is 4.08. The average molecular weight is 318 g/mol. The standard InChI is InChI=1S/C20H18N2O2/c1-24-18-8-4-7-15-11-17(13-23)20(21-19(15)18)22-10-9-14-5-2-3-6-16(14)12-22/h2-8,11,13H,9-10,12H2,1H3. The molecule has 0 bridgehead atoms. The summed E-state index contributed by atoms with van der Waals surface area (Å²) in [6.07, 6.45) is 1.85. The van der Waals surface area contributed by atoms with E-state index in [1.54, 1.807) is 7.11 Å². The first-order valence-corrected chi connectivity index (χ1v) is 8.05. The van der Waals surface area contributed by atoms with Gasteiger partial charge < -0.3 is 9.64 Å². The topological polar surface area (TPSA) is 42.4 Å². The molecule has 4 heteroatoms. The highest BCUT2D eigenvalue weighted by atomic mass is 16.5. The first-order chi connectivity index (χ1) is 11.8. The maximum absolute atomic E-state index is 11.6. The third kappa shape index (κ3) is 2.40. The van der Waals surface area contributed by atoms with Gasteiger partial charge in [0.25, 0.3) is 0 Å². The maximum Gasteiger partial charge on any atom is 0.153 e. The number of hydrogen-bond acceptors (Lipinski definition) is 4. The largest absolute Gasteiger partial charge is 0.494 e. The number of methoxy groups -OCH3 is 1. The van der Waals surface area contributed by atoms with Gasteiger partial charge in [0.2, 0.25) is 0 Å². The minimum atomic E-state index is 0.620. The Hall–Kier alpha value is -2.88. The molecular formula is C20H18N2O2. The molecule has 1 aliphatic rings. The summed E-state index contributed by atoms with van der Waals surface area (Å²) in [4.78, 5) is 18.6.